The van der Waals surface area contributed by atoms with Crippen molar-refractivity contribution in [3.63, 3.8) is 0 Å². The molecule has 3 aromatic rings. The third-order valence-electron chi connectivity index (χ3n) is 16.4. The number of pyridine rings is 1. The van der Waals surface area contributed by atoms with E-state index in [4.69, 9.17) is 24.2 Å². The number of benzene rings is 1. The van der Waals surface area contributed by atoms with Crippen molar-refractivity contribution in [2.75, 3.05) is 64.4 Å². The van der Waals surface area contributed by atoms with E-state index in [0.717, 1.165) is 213 Å². The zero-order chi connectivity index (χ0) is 63.7. The molecule has 12 nitrogen and oxygen atoms in total. The quantitative estimate of drug-likeness (QED) is 0.0250. The second kappa shape index (κ2) is 55.8. The molecule has 2 heterocycles. The molecule has 0 bridgehead atoms. The first kappa shape index (κ1) is 78.2. The van der Waals surface area contributed by atoms with Crippen LogP contribution < -0.4 is 5.32 Å². The number of nitrogens with one attached hydrogen (secondary N) is 1. The van der Waals surface area contributed by atoms with Crippen LogP contribution in [0.25, 0.3) is 21.1 Å². The molecule has 1 amide bonds. The number of unbranched alkanes of at least 4 members (excludes halogenated alkanes) is 29. The van der Waals surface area contributed by atoms with Crippen LogP contribution in [-0.2, 0) is 39.8 Å². The van der Waals surface area contributed by atoms with Gasteiger partial charge in [-0.05, 0) is 135 Å². The molecule has 0 saturated carbocycles. The van der Waals surface area contributed by atoms with Crippen LogP contribution >= 0.6 is 11.3 Å². The molecule has 13 heteroatoms. The number of ether oxygens (including phenoxy) is 3. The number of nitrogens with zero attached hydrogens (tertiary/aromatic N) is 4. The Morgan fingerprint density at radius 2 is 0.787 bits per heavy atom. The highest BCUT2D eigenvalue weighted by atomic mass is 32.1. The van der Waals surface area contributed by atoms with E-state index < -0.39 is 0 Å². The minimum Gasteiger partial charge on any atom is -0.452 e. The number of aromatic nitrogens is 2. The number of hydrogen-bond donors (Lipinski definition) is 1. The van der Waals surface area contributed by atoms with Crippen molar-refractivity contribution in [1.29, 1.82) is 0 Å². The summed E-state index contributed by atoms with van der Waals surface area (Å²) in [6, 6.07) is 8.13. The number of fused-ring (bicyclic) bond motifs is 3. The SMILES string of the molecule is CCCCCCC#CCOC(=O)CCCCCCCCN(CCCCCCCCC(=O)OCC#CCCCCCC)CCCN(CCCCCCCCC(=O)OCC#CCCCCCC)CCCCCC(=O)Nc1nc2ccccc2c2sc(CCC)nc12. The lowest BCUT2D eigenvalue weighted by Gasteiger charge is -2.26. The van der Waals surface area contributed by atoms with Gasteiger partial charge in [0, 0.05) is 50.3 Å². The predicted octanol–water partition coefficient (Wildman–Crippen LogP) is 19.0. The molecule has 3 rings (SSSR count). The van der Waals surface area contributed by atoms with E-state index in [2.05, 4.69) is 84.4 Å². The highest BCUT2D eigenvalue weighted by Crippen LogP contribution is 2.34. The topological polar surface area (TPSA) is 140 Å². The van der Waals surface area contributed by atoms with E-state index in [1.807, 2.05) is 18.2 Å². The molecular weight excluding hydrogens is 1130 g/mol. The zero-order valence-corrected chi connectivity index (χ0v) is 57.5. The first-order valence-corrected chi connectivity index (χ1v) is 36.9. The van der Waals surface area contributed by atoms with Gasteiger partial charge in [-0.3, -0.25) is 19.2 Å². The second-order valence-electron chi connectivity index (χ2n) is 24.5. The molecule has 498 valence electrons. The van der Waals surface area contributed by atoms with Gasteiger partial charge in [0.25, 0.3) is 0 Å². The Bertz CT molecular complexity index is 2450. The molecule has 0 saturated heterocycles. The Labute approximate surface area is 545 Å². The van der Waals surface area contributed by atoms with E-state index in [-0.39, 0.29) is 43.6 Å². The van der Waals surface area contributed by atoms with E-state index in [1.54, 1.807) is 11.3 Å². The van der Waals surface area contributed by atoms with Gasteiger partial charge in [0.05, 0.1) is 15.2 Å². The second-order valence-corrected chi connectivity index (χ2v) is 25.6. The minimum absolute atomic E-state index is 0.00436. The van der Waals surface area contributed by atoms with E-state index in [9.17, 15) is 19.2 Å². The molecule has 0 aliphatic heterocycles. The molecule has 1 aromatic carbocycles. The standard InChI is InChI=1S/C76H121N5O7S/c1-5-9-12-15-24-33-47-64-86-71(83)55-38-27-18-21-30-43-58-80(59-44-31-22-19-28-39-56-72(84)87-65-48-34-25-16-13-10-6-2)62-50-63-81(60-45-32-23-20-29-40-57-73(85)88-66-49-35-26-17-14-11-7-3)61-46-36-37-54-69(82)78-76-74-75(89-70(79-74)51-8-4)67-52-41-42-53-68(67)77-76/h41-42,52-53H,5-32,36-40,43-46,50-51,54-66H2,1-4H3,(H,77,78,82). The largest absolute Gasteiger partial charge is 0.452 e. The average molecular weight is 1250 g/mol. The summed E-state index contributed by atoms with van der Waals surface area (Å²) in [4.78, 5) is 65.5. The maximum atomic E-state index is 13.5. The fourth-order valence-corrected chi connectivity index (χ4v) is 12.3. The molecule has 0 spiro atoms. The molecule has 2 aromatic heterocycles. The van der Waals surface area contributed by atoms with Gasteiger partial charge in [-0.2, -0.15) is 0 Å². The maximum Gasteiger partial charge on any atom is 0.306 e. The lowest BCUT2D eigenvalue weighted by Crippen LogP contribution is -2.32. The number of anilines is 1. The number of carbonyl (C=O) groups is 4. The fraction of sp³-hybridized carbons (Fsp3) is 0.737. The molecule has 0 atom stereocenters. The van der Waals surface area contributed by atoms with Crippen molar-refractivity contribution in [1.82, 2.24) is 19.8 Å². The molecule has 0 radical (unpaired) electrons. The number of hydrogen-bond acceptors (Lipinski definition) is 12. The number of carbonyl (C=O) groups excluding carboxylic acids is 4. The van der Waals surface area contributed by atoms with E-state index >= 15 is 0 Å². The molecule has 0 fully saturated rings. The summed E-state index contributed by atoms with van der Waals surface area (Å²) in [6.07, 6.45) is 44.5. The molecule has 1 N–H and O–H groups in total. The van der Waals surface area contributed by atoms with Crippen LogP contribution in [0.15, 0.2) is 24.3 Å². The predicted molar refractivity (Wildman–Crippen MR) is 373 cm³/mol. The first-order valence-electron chi connectivity index (χ1n) is 36.0. The summed E-state index contributed by atoms with van der Waals surface area (Å²) in [5.74, 6) is 18.6. The van der Waals surface area contributed by atoms with Crippen LogP contribution in [-0.4, -0.2) is 103 Å². The van der Waals surface area contributed by atoms with Gasteiger partial charge >= 0.3 is 17.9 Å². The molecule has 0 aliphatic carbocycles. The number of aryl methyl sites for hydroxylation is 1. The van der Waals surface area contributed by atoms with Crippen LogP contribution in [0.2, 0.25) is 0 Å². The van der Waals surface area contributed by atoms with Crippen molar-refractivity contribution in [3.8, 4) is 35.5 Å². The van der Waals surface area contributed by atoms with Gasteiger partial charge < -0.3 is 29.3 Å². The zero-order valence-electron chi connectivity index (χ0n) is 56.6. The number of para-hydroxylation sites is 1. The lowest BCUT2D eigenvalue weighted by molar-refractivity contribution is -0.143. The van der Waals surface area contributed by atoms with Crippen molar-refractivity contribution in [2.45, 2.75) is 304 Å². The lowest BCUT2D eigenvalue weighted by atomic mass is 10.1. The Balaban J connectivity index is 1.50. The molecule has 0 aliphatic rings. The van der Waals surface area contributed by atoms with Crippen LogP contribution in [0.1, 0.15) is 302 Å². The Hall–Kier alpha value is -5.00. The van der Waals surface area contributed by atoms with Crippen molar-refractivity contribution in [3.05, 3.63) is 29.3 Å². The Kier molecular flexibility index (Phi) is 49.1. The van der Waals surface area contributed by atoms with Crippen molar-refractivity contribution < 1.29 is 33.4 Å². The van der Waals surface area contributed by atoms with Gasteiger partial charge in [0.15, 0.2) is 25.6 Å². The monoisotopic (exact) mass is 1250 g/mol. The van der Waals surface area contributed by atoms with Gasteiger partial charge in [0.1, 0.15) is 5.52 Å². The summed E-state index contributed by atoms with van der Waals surface area (Å²) in [5.41, 5.74) is 1.67. The van der Waals surface area contributed by atoms with E-state index in [0.29, 0.717) is 31.5 Å². The number of thiazole rings is 1. The number of rotatable bonds is 55. The smallest absolute Gasteiger partial charge is 0.306 e. The van der Waals surface area contributed by atoms with Crippen molar-refractivity contribution >= 4 is 62.1 Å². The summed E-state index contributed by atoms with van der Waals surface area (Å²) < 4.78 is 17.2. The molecule has 0 unspecified atom stereocenters. The van der Waals surface area contributed by atoms with Gasteiger partial charge in [0.2, 0.25) is 5.91 Å². The summed E-state index contributed by atoms with van der Waals surface area (Å²) in [7, 11) is 0. The normalized spacial score (nSPS) is 11.1. The van der Waals surface area contributed by atoms with Crippen molar-refractivity contribution in [2.24, 2.45) is 0 Å². The maximum absolute atomic E-state index is 13.5. The average Bonchev–Trinajstić information content (AvgIpc) is 2.09. The number of esters is 3. The number of amides is 1. The third-order valence-corrected chi connectivity index (χ3v) is 17.5. The highest BCUT2D eigenvalue weighted by Gasteiger charge is 2.17. The highest BCUT2D eigenvalue weighted by molar-refractivity contribution is 7.19. The molecular formula is C76H121N5O7S. The van der Waals surface area contributed by atoms with Crippen LogP contribution in [0, 0.1) is 35.5 Å². The first-order chi connectivity index (χ1) is 43.8. The Morgan fingerprint density at radius 3 is 1.21 bits per heavy atom. The van der Waals surface area contributed by atoms with Gasteiger partial charge in [-0.15, -0.1) is 11.3 Å². The fourth-order valence-electron chi connectivity index (χ4n) is 11.1. The van der Waals surface area contributed by atoms with Gasteiger partial charge in [-0.25, -0.2) is 9.97 Å². The summed E-state index contributed by atoms with van der Waals surface area (Å²) in [6.45, 7) is 15.9. The Morgan fingerprint density at radius 1 is 0.416 bits per heavy atom. The third kappa shape index (κ3) is 41.9. The van der Waals surface area contributed by atoms with Crippen LogP contribution in [0.4, 0.5) is 5.82 Å². The van der Waals surface area contributed by atoms with Crippen LogP contribution in [0.5, 0.6) is 0 Å². The summed E-state index contributed by atoms with van der Waals surface area (Å²) >= 11 is 1.71. The minimum atomic E-state index is -0.138. The van der Waals surface area contributed by atoms with E-state index in [1.165, 1.54) is 103 Å². The van der Waals surface area contributed by atoms with Crippen LogP contribution in [0.3, 0.4) is 0 Å². The van der Waals surface area contributed by atoms with Gasteiger partial charge in [-0.1, -0.05) is 223 Å². The summed E-state index contributed by atoms with van der Waals surface area (Å²) in [5, 5.41) is 5.31. The molecule has 89 heavy (non-hydrogen) atoms.